The van der Waals surface area contributed by atoms with Crippen molar-refractivity contribution in [3.05, 3.63) is 34.9 Å². The van der Waals surface area contributed by atoms with Gasteiger partial charge in [-0.1, -0.05) is 36.6 Å². The van der Waals surface area contributed by atoms with E-state index in [1.54, 1.807) is 0 Å². The highest BCUT2D eigenvalue weighted by atomic mass is 35.5. The van der Waals surface area contributed by atoms with Crippen molar-refractivity contribution >= 4 is 18.7 Å². The molecule has 1 aliphatic heterocycles. The van der Waals surface area contributed by atoms with E-state index in [0.717, 1.165) is 37.3 Å². The normalized spacial score (nSPS) is 17.6. The molecule has 25 heavy (non-hydrogen) atoms. The first-order chi connectivity index (χ1) is 12.1. The fraction of sp³-hybridized carbons (Fsp3) is 0.684. The van der Waals surface area contributed by atoms with Crippen molar-refractivity contribution in [2.45, 2.75) is 56.8 Å². The van der Waals surface area contributed by atoms with E-state index in [4.69, 9.17) is 21.6 Å². The van der Waals surface area contributed by atoms with Crippen molar-refractivity contribution in [2.24, 2.45) is 0 Å². The lowest BCUT2D eigenvalue weighted by atomic mass is 9.83. The zero-order valence-corrected chi connectivity index (χ0v) is 16.1. The van der Waals surface area contributed by atoms with E-state index in [2.05, 4.69) is 22.3 Å². The molecule has 1 atom stereocenters. The van der Waals surface area contributed by atoms with E-state index in [9.17, 15) is 0 Å². The standard InChI is InChI=1S/C19H32BClN2O2/c1-22-19(4-2-3-12-20(24)25)11-15-23-13-9-17(10-14-23)16-5-7-18(21)8-6-16/h5-8,17,19,22,24-25H,2-4,9-15H2,1H3. The Balaban J connectivity index is 1.64. The molecular formula is C19H32BClN2O2. The fourth-order valence-corrected chi connectivity index (χ4v) is 3.84. The maximum absolute atomic E-state index is 8.89. The van der Waals surface area contributed by atoms with Crippen molar-refractivity contribution < 1.29 is 10.0 Å². The number of halogens is 1. The second-order valence-corrected chi connectivity index (χ2v) is 7.64. The Bertz CT molecular complexity index is 479. The molecule has 1 aliphatic rings. The van der Waals surface area contributed by atoms with Crippen molar-refractivity contribution in [2.75, 3.05) is 26.7 Å². The second-order valence-electron chi connectivity index (χ2n) is 7.21. The molecule has 1 heterocycles. The molecule has 1 aromatic carbocycles. The summed E-state index contributed by atoms with van der Waals surface area (Å²) in [6, 6.07) is 8.85. The molecule has 0 spiro atoms. The molecule has 0 bridgehead atoms. The van der Waals surface area contributed by atoms with Gasteiger partial charge in [0.1, 0.15) is 0 Å². The molecule has 0 aromatic heterocycles. The van der Waals surface area contributed by atoms with Gasteiger partial charge in [-0.3, -0.25) is 0 Å². The lowest BCUT2D eigenvalue weighted by molar-refractivity contribution is 0.201. The average molecular weight is 367 g/mol. The third-order valence-corrected chi connectivity index (χ3v) is 5.65. The predicted octanol–water partition coefficient (Wildman–Crippen LogP) is 3.14. The molecular weight excluding hydrogens is 334 g/mol. The van der Waals surface area contributed by atoms with Crippen molar-refractivity contribution in [1.29, 1.82) is 0 Å². The van der Waals surface area contributed by atoms with E-state index in [0.29, 0.717) is 18.3 Å². The topological polar surface area (TPSA) is 55.7 Å². The van der Waals surface area contributed by atoms with Gasteiger partial charge >= 0.3 is 7.12 Å². The Morgan fingerprint density at radius 1 is 1.16 bits per heavy atom. The summed E-state index contributed by atoms with van der Waals surface area (Å²) in [5, 5.41) is 22.0. The number of hydrogen-bond acceptors (Lipinski definition) is 4. The van der Waals surface area contributed by atoms with Crippen LogP contribution < -0.4 is 5.32 Å². The summed E-state index contributed by atoms with van der Waals surface area (Å²) in [4.78, 5) is 2.58. The van der Waals surface area contributed by atoms with Crippen LogP contribution in [0.1, 0.15) is 50.0 Å². The van der Waals surface area contributed by atoms with Crippen molar-refractivity contribution in [3.8, 4) is 0 Å². The molecule has 1 aromatic rings. The Hall–Kier alpha value is -0.585. The number of unbranched alkanes of at least 4 members (excludes halogenated alkanes) is 1. The Morgan fingerprint density at radius 3 is 2.44 bits per heavy atom. The molecule has 6 heteroatoms. The summed E-state index contributed by atoms with van der Waals surface area (Å²) in [6.45, 7) is 3.47. The van der Waals surface area contributed by atoms with Gasteiger partial charge in [-0.15, -0.1) is 0 Å². The van der Waals surface area contributed by atoms with E-state index in [1.165, 1.54) is 31.5 Å². The van der Waals surface area contributed by atoms with Gasteiger partial charge in [-0.2, -0.15) is 0 Å². The first kappa shape index (κ1) is 20.7. The predicted molar refractivity (Wildman–Crippen MR) is 106 cm³/mol. The molecule has 2 rings (SSSR count). The number of likely N-dealkylation sites (tertiary alicyclic amines) is 1. The first-order valence-electron chi connectivity index (χ1n) is 9.59. The quantitative estimate of drug-likeness (QED) is 0.440. The smallest absolute Gasteiger partial charge is 0.427 e. The van der Waals surface area contributed by atoms with Crippen LogP contribution in [0.5, 0.6) is 0 Å². The van der Waals surface area contributed by atoms with Crippen LogP contribution in [0.4, 0.5) is 0 Å². The number of nitrogens with one attached hydrogen (secondary N) is 1. The van der Waals surface area contributed by atoms with Crippen LogP contribution in [0.15, 0.2) is 24.3 Å². The van der Waals surface area contributed by atoms with Crippen LogP contribution in [-0.4, -0.2) is 54.8 Å². The Labute approximate surface area is 157 Å². The maximum Gasteiger partial charge on any atom is 0.451 e. The molecule has 0 aliphatic carbocycles. The third-order valence-electron chi connectivity index (χ3n) is 5.40. The van der Waals surface area contributed by atoms with Crippen LogP contribution in [0.2, 0.25) is 11.3 Å². The Morgan fingerprint density at radius 2 is 1.84 bits per heavy atom. The average Bonchev–Trinajstić information content (AvgIpc) is 2.62. The number of nitrogens with zero attached hydrogens (tertiary/aromatic N) is 1. The number of rotatable bonds is 10. The highest BCUT2D eigenvalue weighted by molar-refractivity contribution is 6.40. The minimum Gasteiger partial charge on any atom is -0.427 e. The largest absolute Gasteiger partial charge is 0.451 e. The molecule has 0 amide bonds. The number of benzene rings is 1. The zero-order valence-electron chi connectivity index (χ0n) is 15.3. The summed E-state index contributed by atoms with van der Waals surface area (Å²) < 4.78 is 0. The maximum atomic E-state index is 8.89. The highest BCUT2D eigenvalue weighted by Crippen LogP contribution is 2.29. The summed E-state index contributed by atoms with van der Waals surface area (Å²) in [5.74, 6) is 0.665. The molecule has 0 saturated carbocycles. The molecule has 1 fully saturated rings. The molecule has 1 saturated heterocycles. The fourth-order valence-electron chi connectivity index (χ4n) is 3.71. The third kappa shape index (κ3) is 7.67. The minimum absolute atomic E-state index is 0.481. The van der Waals surface area contributed by atoms with Crippen LogP contribution >= 0.6 is 11.6 Å². The van der Waals surface area contributed by atoms with Gasteiger partial charge in [0.2, 0.25) is 0 Å². The van der Waals surface area contributed by atoms with Crippen LogP contribution in [0.25, 0.3) is 0 Å². The van der Waals surface area contributed by atoms with Crippen LogP contribution in [0, 0.1) is 0 Å². The van der Waals surface area contributed by atoms with Gasteiger partial charge in [0.15, 0.2) is 0 Å². The highest BCUT2D eigenvalue weighted by Gasteiger charge is 2.21. The first-order valence-corrected chi connectivity index (χ1v) is 9.97. The molecule has 4 nitrogen and oxygen atoms in total. The molecule has 140 valence electrons. The van der Waals surface area contributed by atoms with Crippen LogP contribution in [0.3, 0.4) is 0 Å². The van der Waals surface area contributed by atoms with Gasteiger partial charge in [0, 0.05) is 11.1 Å². The molecule has 0 radical (unpaired) electrons. The van der Waals surface area contributed by atoms with Gasteiger partial charge in [-0.25, -0.2) is 0 Å². The lowest BCUT2D eigenvalue weighted by Crippen LogP contribution is -2.37. The minimum atomic E-state index is -1.16. The second kappa shape index (κ2) is 11.2. The lowest BCUT2D eigenvalue weighted by Gasteiger charge is -2.33. The van der Waals surface area contributed by atoms with Gasteiger partial charge < -0.3 is 20.3 Å². The molecule has 1 unspecified atom stereocenters. The zero-order chi connectivity index (χ0) is 18.1. The van der Waals surface area contributed by atoms with Crippen LogP contribution in [-0.2, 0) is 0 Å². The van der Waals surface area contributed by atoms with Crippen molar-refractivity contribution in [1.82, 2.24) is 10.2 Å². The van der Waals surface area contributed by atoms with Crippen molar-refractivity contribution in [3.63, 3.8) is 0 Å². The summed E-state index contributed by atoms with van der Waals surface area (Å²) >= 11 is 5.98. The monoisotopic (exact) mass is 366 g/mol. The van der Waals surface area contributed by atoms with E-state index < -0.39 is 7.12 Å². The molecule has 3 N–H and O–H groups in total. The van der Waals surface area contributed by atoms with Gasteiger partial charge in [0.25, 0.3) is 0 Å². The summed E-state index contributed by atoms with van der Waals surface area (Å²) in [7, 11) is 0.869. The van der Waals surface area contributed by atoms with E-state index in [1.807, 2.05) is 19.2 Å². The number of hydrogen-bond donors (Lipinski definition) is 3. The Kier molecular flexibility index (Phi) is 9.28. The van der Waals surface area contributed by atoms with E-state index in [-0.39, 0.29) is 0 Å². The van der Waals surface area contributed by atoms with E-state index >= 15 is 0 Å². The van der Waals surface area contributed by atoms with Gasteiger partial charge in [0.05, 0.1) is 0 Å². The number of piperidine rings is 1. The SMILES string of the molecule is CNC(CCCCB(O)O)CCN1CCC(c2ccc(Cl)cc2)CC1. The summed E-state index contributed by atoms with van der Waals surface area (Å²) in [5.41, 5.74) is 1.42. The summed E-state index contributed by atoms with van der Waals surface area (Å²) in [6.07, 6.45) is 7.10. The van der Waals surface area contributed by atoms with Gasteiger partial charge in [-0.05, 0) is 82.3 Å².